The van der Waals surface area contributed by atoms with E-state index < -0.39 is 16.9 Å². The summed E-state index contributed by atoms with van der Waals surface area (Å²) in [5, 5.41) is 11.5. The number of halogens is 1. The molecule has 0 saturated heterocycles. The summed E-state index contributed by atoms with van der Waals surface area (Å²) in [6.45, 7) is 2.20. The van der Waals surface area contributed by atoms with E-state index >= 15 is 0 Å². The Hall–Kier alpha value is -4.31. The highest BCUT2D eigenvalue weighted by Gasteiger charge is 2.33. The summed E-state index contributed by atoms with van der Waals surface area (Å²) < 4.78 is 5.26. The zero-order chi connectivity index (χ0) is 32.1. The molecule has 0 aliphatic rings. The Labute approximate surface area is 299 Å². The number of aromatic carboxylic acids is 1. The molecule has 7 heteroatoms. The van der Waals surface area contributed by atoms with E-state index in [1.807, 2.05) is 140 Å². The van der Waals surface area contributed by atoms with Crippen LogP contribution in [0.25, 0.3) is 0 Å². The first-order valence-electron chi connectivity index (χ1n) is 14.8. The first-order valence-corrected chi connectivity index (χ1v) is 17.3. The molecule has 0 radical (unpaired) electrons. The van der Waals surface area contributed by atoms with Crippen LogP contribution < -0.4 is 29.1 Å². The third-order valence-electron chi connectivity index (χ3n) is 6.84. The number of hydrogen-bond acceptors (Lipinski definition) is 4. The van der Waals surface area contributed by atoms with Gasteiger partial charge in [0.05, 0.1) is 29.0 Å². The lowest BCUT2D eigenvalue weighted by Gasteiger charge is -2.12. The molecule has 0 N–H and O–H groups in total. The van der Waals surface area contributed by atoms with Gasteiger partial charge in [-0.2, -0.15) is 0 Å². The van der Waals surface area contributed by atoms with Gasteiger partial charge in [-0.25, -0.2) is 4.79 Å². The summed E-state index contributed by atoms with van der Waals surface area (Å²) in [6.07, 6.45) is 0. The van der Waals surface area contributed by atoms with Gasteiger partial charge in [-0.3, -0.25) is 0 Å². The summed E-state index contributed by atoms with van der Waals surface area (Å²) in [4.78, 5) is 30.2. The maximum Gasteiger partial charge on any atom is 0.343 e. The van der Waals surface area contributed by atoms with Crippen molar-refractivity contribution in [1.29, 1.82) is 0 Å². The Bertz CT molecular complexity index is 1770. The van der Waals surface area contributed by atoms with Gasteiger partial charge in [0.25, 0.3) is 0 Å². The minimum atomic E-state index is -1.14. The molecule has 0 fully saturated rings. The first kappa shape index (κ1) is 35.5. The standard InChI is InChI=1S/C21H19O2S.C19H14O2S.HI/c1-2-23-21(22)19-15-9-10-16-20(19)24(17-11-5-3-6-12-17)18-13-7-4-8-14-18;20-19(21)17-13-7-8-14-18(17)22(15-9-3-1-4-10-15)16-11-5-2-6-12-16;/h3-16H,2H2,1H3;1-14H;1H/q+1;;/p-1. The van der Waals surface area contributed by atoms with E-state index in [1.165, 1.54) is 9.79 Å². The quantitative estimate of drug-likeness (QED) is 0.117. The Morgan fingerprint density at radius 2 is 0.787 bits per heavy atom. The van der Waals surface area contributed by atoms with Crippen molar-refractivity contribution in [2.24, 2.45) is 0 Å². The van der Waals surface area contributed by atoms with Gasteiger partial charge in [0.15, 0.2) is 29.4 Å². The Kier molecular flexibility index (Phi) is 13.7. The lowest BCUT2D eigenvalue weighted by atomic mass is 10.2. The monoisotopic (exact) mass is 768 g/mol. The number of carbonyl (C=O) groups excluding carboxylic acids is 2. The molecule has 0 aliphatic carbocycles. The van der Waals surface area contributed by atoms with E-state index in [0.717, 1.165) is 19.6 Å². The fourth-order valence-corrected chi connectivity index (χ4v) is 9.29. The van der Waals surface area contributed by atoms with Crippen LogP contribution in [-0.4, -0.2) is 18.5 Å². The van der Waals surface area contributed by atoms with Crippen molar-refractivity contribution in [2.45, 2.75) is 36.3 Å². The molecule has 0 aliphatic heterocycles. The number of carboxylic acid groups (broad SMARTS) is 1. The second-order valence-electron chi connectivity index (χ2n) is 9.86. The fraction of sp³-hybridized carbons (Fsp3) is 0.0500. The molecule has 0 amide bonds. The number of carbonyl (C=O) groups is 2. The molecule has 4 nitrogen and oxygen atoms in total. The van der Waals surface area contributed by atoms with Gasteiger partial charge in [0.2, 0.25) is 0 Å². The van der Waals surface area contributed by atoms with Crippen molar-refractivity contribution in [3.8, 4) is 0 Å². The van der Waals surface area contributed by atoms with Gasteiger partial charge >= 0.3 is 5.97 Å². The van der Waals surface area contributed by atoms with E-state index in [1.54, 1.807) is 12.1 Å². The van der Waals surface area contributed by atoms with Crippen LogP contribution >= 0.6 is 0 Å². The minimum Gasteiger partial charge on any atom is -1.00 e. The second-order valence-corrected chi connectivity index (χ2v) is 13.9. The highest BCUT2D eigenvalue weighted by molar-refractivity contribution is 7.97. The predicted octanol–water partition coefficient (Wildman–Crippen LogP) is 5.11. The molecule has 47 heavy (non-hydrogen) atoms. The van der Waals surface area contributed by atoms with Crippen LogP contribution in [0, 0.1) is 0 Å². The molecular weight excluding hydrogens is 735 g/mol. The molecule has 0 heterocycles. The van der Waals surface area contributed by atoms with Crippen molar-refractivity contribution in [1.82, 2.24) is 0 Å². The lowest BCUT2D eigenvalue weighted by Crippen LogP contribution is -3.00. The van der Waals surface area contributed by atoms with Crippen LogP contribution in [0.3, 0.4) is 0 Å². The third-order valence-corrected chi connectivity index (χ3v) is 11.4. The number of hydrogen-bond donors (Lipinski definition) is 0. The summed E-state index contributed by atoms with van der Waals surface area (Å²) >= 11 is 0. The molecule has 0 bridgehead atoms. The molecule has 6 rings (SSSR count). The molecule has 0 saturated carbocycles. The van der Waals surface area contributed by atoms with Crippen LogP contribution in [0.5, 0.6) is 0 Å². The third kappa shape index (κ3) is 9.16. The topological polar surface area (TPSA) is 66.4 Å². The van der Waals surface area contributed by atoms with Gasteiger partial charge in [-0.1, -0.05) is 97.1 Å². The second kappa shape index (κ2) is 18.1. The zero-order valence-corrected chi connectivity index (χ0v) is 29.5. The summed E-state index contributed by atoms with van der Waals surface area (Å²) in [5.74, 6) is -1.41. The number of benzene rings is 6. The summed E-state index contributed by atoms with van der Waals surface area (Å²) in [7, 11) is -0.819. The van der Waals surface area contributed by atoms with Crippen LogP contribution in [0.1, 0.15) is 27.6 Å². The predicted molar refractivity (Wildman–Crippen MR) is 183 cm³/mol. The van der Waals surface area contributed by atoms with Gasteiger partial charge in [0.1, 0.15) is 16.5 Å². The van der Waals surface area contributed by atoms with Gasteiger partial charge in [-0.15, -0.1) is 0 Å². The molecule has 0 spiro atoms. The van der Waals surface area contributed by atoms with E-state index in [2.05, 4.69) is 24.3 Å². The van der Waals surface area contributed by atoms with Crippen LogP contribution in [0.15, 0.2) is 199 Å². The number of ether oxygens (including phenoxy) is 1. The summed E-state index contributed by atoms with van der Waals surface area (Å²) in [6, 6.07) is 55.3. The molecule has 0 aromatic heterocycles. The fourth-order valence-electron chi connectivity index (χ4n) is 4.84. The highest BCUT2D eigenvalue weighted by Crippen LogP contribution is 2.34. The number of rotatable bonds is 9. The smallest absolute Gasteiger partial charge is 0.343 e. The van der Waals surface area contributed by atoms with Gasteiger partial charge < -0.3 is 38.6 Å². The molecule has 6 aromatic carbocycles. The van der Waals surface area contributed by atoms with Crippen molar-refractivity contribution in [3.05, 3.63) is 181 Å². The maximum absolute atomic E-state index is 12.4. The van der Waals surface area contributed by atoms with E-state index in [-0.39, 0.29) is 46.4 Å². The van der Waals surface area contributed by atoms with Crippen LogP contribution in [0.4, 0.5) is 0 Å². The van der Waals surface area contributed by atoms with Crippen molar-refractivity contribution in [3.63, 3.8) is 0 Å². The molecule has 236 valence electrons. The zero-order valence-electron chi connectivity index (χ0n) is 25.7. The Balaban J connectivity index is 0.000000209. The largest absolute Gasteiger partial charge is 1.00 e. The van der Waals surface area contributed by atoms with Crippen LogP contribution in [0.2, 0.25) is 0 Å². The average molecular weight is 769 g/mol. The van der Waals surface area contributed by atoms with E-state index in [9.17, 15) is 14.7 Å². The van der Waals surface area contributed by atoms with Crippen molar-refractivity contribution < 1.29 is 43.4 Å². The average Bonchev–Trinajstić information content (AvgIpc) is 3.11. The normalized spacial score (nSPS) is 10.4. The summed E-state index contributed by atoms with van der Waals surface area (Å²) in [5.41, 5.74) is 0.883. The van der Waals surface area contributed by atoms with E-state index in [0.29, 0.717) is 12.2 Å². The van der Waals surface area contributed by atoms with Crippen molar-refractivity contribution in [2.75, 3.05) is 6.61 Å². The number of carboxylic acids is 1. The number of esters is 1. The van der Waals surface area contributed by atoms with Gasteiger partial charge in [0, 0.05) is 0 Å². The van der Waals surface area contributed by atoms with Crippen molar-refractivity contribution >= 4 is 33.7 Å². The van der Waals surface area contributed by atoms with E-state index in [4.69, 9.17) is 4.74 Å². The maximum atomic E-state index is 12.4. The highest BCUT2D eigenvalue weighted by atomic mass is 127. The lowest BCUT2D eigenvalue weighted by molar-refractivity contribution is -0.255. The molecular formula is C40H33IO4S2. The van der Waals surface area contributed by atoms with Crippen LogP contribution in [-0.2, 0) is 26.5 Å². The van der Waals surface area contributed by atoms with Gasteiger partial charge in [-0.05, 0) is 79.7 Å². The Morgan fingerprint density at radius 3 is 1.13 bits per heavy atom. The minimum absolute atomic E-state index is 0. The Morgan fingerprint density at radius 1 is 0.489 bits per heavy atom. The first-order chi connectivity index (χ1) is 22.6. The SMILES string of the molecule is CCOC(=O)c1ccccc1[S+](c1ccccc1)c1ccccc1.O=C([O-])c1ccccc1[S+](c1ccccc1)c1ccccc1.[I-]. The molecule has 0 atom stereocenters. The molecule has 6 aromatic rings. The molecule has 0 unspecified atom stereocenters.